The minimum absolute atomic E-state index is 0.168. The normalized spacial score (nSPS) is 11.9. The Morgan fingerprint density at radius 3 is 1.13 bits per heavy atom. The summed E-state index contributed by atoms with van der Waals surface area (Å²) in [6.07, 6.45) is 0. The highest BCUT2D eigenvalue weighted by molar-refractivity contribution is 6.39. The number of hydrogen-bond acceptors (Lipinski definition) is 7. The number of hydrogen-bond donors (Lipinski definition) is 2. The zero-order valence-corrected chi connectivity index (χ0v) is 64.9. The van der Waals surface area contributed by atoms with E-state index in [-0.39, 0.29) is 23.1 Å². The van der Waals surface area contributed by atoms with Gasteiger partial charge in [-0.25, -0.2) is 4.79 Å². The van der Waals surface area contributed by atoms with E-state index in [0.717, 1.165) is 81.4 Å². The standard InChI is InChI=1S/C30H26N2.C22H11NO2.C21H14O4.C20H12.C16H10/c1-31(2)27-19-11-23(12-20-27)9-15-25-17-18-26(30-8-6-5-7-29(25)30)16-10-24-13-21-28(22-14-24)32(3)4;24-21-16-9-7-14-12-5-1-3-11-4-2-6-13(18(11)12)15-8-10-17(22(25)23-21)20(16)19(14)15;1-12-6-8-16-18(10-12)25-19-11-13(22)7-9-17(19)20(16)14-4-2-3-5-15(14)21(23)24;1-5-13-6-2-11-17-18-12-4-8-14-7-3-10-16(20(14)18)15(9-1)19(13)17;1-3-11-7-9-13-5-2-6-14-10-8-12(4-1)15(11)16(13)14/h5-8,11-14,17-22H,1-4H3;1-10H,(H,23,24,25);2-11,22H,1H2,(H,23,24);1-12H;1-10H/p-1. The molecule has 0 radical (unpaired) electrons. The third-order valence-electron chi connectivity index (χ3n) is 22.7. The molecule has 23 rings (SSSR count). The number of benzene rings is 21. The van der Waals surface area contributed by atoms with Gasteiger partial charge < -0.3 is 24.7 Å². The van der Waals surface area contributed by atoms with Crippen LogP contribution in [0.25, 0.3) is 141 Å². The second-order valence-electron chi connectivity index (χ2n) is 30.2. The summed E-state index contributed by atoms with van der Waals surface area (Å²) in [7, 11) is 8.15. The number of aromatic carboxylic acids is 1. The summed E-state index contributed by atoms with van der Waals surface area (Å²) in [5, 5.41) is 55.3. The van der Waals surface area contributed by atoms with Gasteiger partial charge in [-0.1, -0.05) is 279 Å². The summed E-state index contributed by atoms with van der Waals surface area (Å²) < 4.78 is 5.88. The minimum atomic E-state index is -1.01. The van der Waals surface area contributed by atoms with Crippen molar-refractivity contribution in [1.29, 1.82) is 0 Å². The van der Waals surface area contributed by atoms with Crippen LogP contribution in [-0.2, 0) is 0 Å². The van der Waals surface area contributed by atoms with E-state index in [4.69, 9.17) is 4.74 Å². The van der Waals surface area contributed by atoms with E-state index in [0.29, 0.717) is 33.8 Å². The highest BCUT2D eigenvalue weighted by Gasteiger charge is 2.28. The zero-order chi connectivity index (χ0) is 80.4. The second kappa shape index (κ2) is 29.9. The number of rotatable bonds is 4. The van der Waals surface area contributed by atoms with Crippen LogP contribution in [0.2, 0.25) is 0 Å². The first-order valence-corrected chi connectivity index (χ1v) is 39.1. The number of nitrogens with zero attached hydrogens (tertiary/aromatic N) is 2. The number of ether oxygens (including phenoxy) is 1. The predicted octanol–water partition coefficient (Wildman–Crippen LogP) is 22.9. The smallest absolute Gasteiger partial charge is 0.336 e. The van der Waals surface area contributed by atoms with Gasteiger partial charge in [0.2, 0.25) is 0 Å². The van der Waals surface area contributed by atoms with Crippen molar-refractivity contribution in [2.45, 2.75) is 0 Å². The number of anilines is 2. The SMILES string of the molecule is C=c1ccc2c(c1)Oc1cc([O-])ccc1C=2c1ccccc1C(=O)O.CN(C)c1ccc(C#Cc2ccc(C#Cc3ccc(N(C)C)cc3)c3ccccc23)cc1.O=C1NC(=O)c2ccc3c4cccc5cccc(c6ccc1c2c63)c54.c1cc2ccc3cccc4ccc(c1)c2c34.c1cc2cccc3c4cccc5cccc(c(c1)c23)c54. The average molecular weight is 1520 g/mol. The van der Waals surface area contributed by atoms with E-state index in [1.165, 1.54) is 110 Å². The van der Waals surface area contributed by atoms with Crippen LogP contribution < -0.4 is 35.4 Å². The quantitative estimate of drug-likeness (QED) is 0.0773. The minimum Gasteiger partial charge on any atom is -0.872 e. The predicted molar refractivity (Wildman–Crippen MR) is 487 cm³/mol. The molecule has 118 heavy (non-hydrogen) atoms. The highest BCUT2D eigenvalue weighted by Crippen LogP contribution is 2.45. The molecule has 2 aliphatic heterocycles. The largest absolute Gasteiger partial charge is 0.872 e. The summed E-state index contributed by atoms with van der Waals surface area (Å²) in [4.78, 5) is 40.5. The lowest BCUT2D eigenvalue weighted by molar-refractivity contribution is -0.268. The Kier molecular flexibility index (Phi) is 18.4. The molecule has 21 aromatic rings. The Bertz CT molecular complexity index is 7430. The van der Waals surface area contributed by atoms with Gasteiger partial charge in [0.1, 0.15) is 11.5 Å². The Balaban J connectivity index is 0.0000000994. The third-order valence-corrected chi connectivity index (χ3v) is 22.7. The van der Waals surface area contributed by atoms with Gasteiger partial charge in [0.25, 0.3) is 11.8 Å². The van der Waals surface area contributed by atoms with Crippen molar-refractivity contribution in [3.05, 3.63) is 400 Å². The molecule has 0 aliphatic carbocycles. The van der Waals surface area contributed by atoms with Gasteiger partial charge >= 0.3 is 5.97 Å². The number of nitrogens with one attached hydrogen (secondary N) is 1. The number of carbonyl (C=O) groups is 3. The van der Waals surface area contributed by atoms with Gasteiger partial charge in [0.05, 0.1) is 5.56 Å². The van der Waals surface area contributed by atoms with Crippen LogP contribution >= 0.6 is 0 Å². The van der Waals surface area contributed by atoms with Crippen molar-refractivity contribution in [3.8, 4) is 40.9 Å². The van der Waals surface area contributed by atoms with Crippen LogP contribution in [0.5, 0.6) is 17.2 Å². The fourth-order valence-corrected chi connectivity index (χ4v) is 17.2. The second-order valence-corrected chi connectivity index (χ2v) is 30.2. The molecule has 0 unspecified atom stereocenters. The molecule has 2 heterocycles. The van der Waals surface area contributed by atoms with Crippen LogP contribution in [0, 0.1) is 23.7 Å². The molecule has 2 N–H and O–H groups in total. The number of imide groups is 1. The van der Waals surface area contributed by atoms with Gasteiger partial charge in [-0.3, -0.25) is 14.9 Å². The van der Waals surface area contributed by atoms with Gasteiger partial charge in [0, 0.05) is 94.7 Å². The highest BCUT2D eigenvalue weighted by atomic mass is 16.5. The summed E-state index contributed by atoms with van der Waals surface area (Å²) in [6.45, 7) is 3.90. The molecule has 0 aromatic heterocycles. The fraction of sp³-hybridized carbons (Fsp3) is 0.0367. The number of amides is 2. The molecule has 0 bridgehead atoms. The van der Waals surface area contributed by atoms with Gasteiger partial charge in [-0.15, -0.1) is 5.75 Å². The van der Waals surface area contributed by atoms with Crippen molar-refractivity contribution >= 4 is 171 Å². The summed E-state index contributed by atoms with van der Waals surface area (Å²) in [5.41, 5.74) is 9.71. The maximum absolute atomic E-state index is 12.3. The molecule has 2 amide bonds. The molecule has 2 aliphatic rings. The molecular weight excluding hydrogens is 1450 g/mol. The molecule has 560 valence electrons. The maximum atomic E-state index is 12.3. The molecule has 9 nitrogen and oxygen atoms in total. The van der Waals surface area contributed by atoms with Crippen molar-refractivity contribution in [1.82, 2.24) is 5.32 Å². The first kappa shape index (κ1) is 72.4. The van der Waals surface area contributed by atoms with Crippen LogP contribution in [0.15, 0.2) is 340 Å². The number of carboxylic acid groups (broad SMARTS) is 1. The Labute approximate surface area is 680 Å². The summed E-state index contributed by atoms with van der Waals surface area (Å²) in [5.74, 6) is 12.5. The summed E-state index contributed by atoms with van der Waals surface area (Å²) in [6, 6.07) is 114. The molecule has 9 heteroatoms. The van der Waals surface area contributed by atoms with Gasteiger partial charge in [-0.2, -0.15) is 0 Å². The lowest BCUT2D eigenvalue weighted by Crippen LogP contribution is -2.34. The van der Waals surface area contributed by atoms with E-state index >= 15 is 0 Å². The van der Waals surface area contributed by atoms with Crippen LogP contribution in [0.1, 0.15) is 64.5 Å². The molecule has 21 aromatic carbocycles. The van der Waals surface area contributed by atoms with Gasteiger partial charge in [0.15, 0.2) is 0 Å². The average Bonchev–Trinajstić information content (AvgIpc) is 0.710. The third kappa shape index (κ3) is 13.0. The van der Waals surface area contributed by atoms with Crippen molar-refractivity contribution in [3.63, 3.8) is 0 Å². The zero-order valence-electron chi connectivity index (χ0n) is 64.9. The summed E-state index contributed by atoms with van der Waals surface area (Å²) >= 11 is 0. The van der Waals surface area contributed by atoms with E-state index in [2.05, 4.69) is 300 Å². The number of fused-ring (bicyclic) bond motifs is 7. The molecule has 0 fully saturated rings. The monoisotopic (exact) mass is 1520 g/mol. The van der Waals surface area contributed by atoms with Crippen LogP contribution in [-0.4, -0.2) is 51.1 Å². The Morgan fingerprint density at radius 2 is 0.712 bits per heavy atom. The molecule has 0 spiro atoms. The lowest BCUT2D eigenvalue weighted by atomic mass is 9.85. The van der Waals surface area contributed by atoms with Crippen molar-refractivity contribution < 1.29 is 29.3 Å². The topological polar surface area (TPSA) is 122 Å². The van der Waals surface area contributed by atoms with Crippen LogP contribution in [0.4, 0.5) is 11.4 Å². The molecule has 0 saturated heterocycles. The maximum Gasteiger partial charge on any atom is 0.336 e. The number of carbonyl (C=O) groups excluding carboxylic acids is 2. The first-order valence-electron chi connectivity index (χ1n) is 39.1. The molecular formula is C109H72N3O6-. The van der Waals surface area contributed by atoms with E-state index in [1.54, 1.807) is 36.4 Å². The van der Waals surface area contributed by atoms with Crippen molar-refractivity contribution in [2.24, 2.45) is 0 Å². The molecule has 0 saturated carbocycles. The van der Waals surface area contributed by atoms with Gasteiger partial charge in [-0.05, 0) is 226 Å². The van der Waals surface area contributed by atoms with E-state index < -0.39 is 5.97 Å². The first-order chi connectivity index (χ1) is 57.7. The Hall–Kier alpha value is -15.8. The van der Waals surface area contributed by atoms with Crippen molar-refractivity contribution in [2.75, 3.05) is 38.0 Å². The fourth-order valence-electron chi connectivity index (χ4n) is 17.2. The van der Waals surface area contributed by atoms with E-state index in [9.17, 15) is 24.6 Å². The number of carboxylic acids is 1. The van der Waals surface area contributed by atoms with Crippen LogP contribution in [0.3, 0.4) is 0 Å². The Morgan fingerprint density at radius 1 is 0.339 bits per heavy atom. The van der Waals surface area contributed by atoms with E-state index in [1.807, 2.05) is 64.6 Å². The lowest BCUT2D eigenvalue weighted by Gasteiger charge is -2.23. The molecule has 0 atom stereocenters.